The Morgan fingerprint density at radius 2 is 1.64 bits per heavy atom. The van der Waals surface area contributed by atoms with Crippen molar-refractivity contribution < 1.29 is 0 Å². The van der Waals surface area contributed by atoms with Gasteiger partial charge >= 0.3 is 0 Å². The van der Waals surface area contributed by atoms with Crippen LogP contribution in [0.1, 0.15) is 23.4 Å². The third-order valence-electron chi connectivity index (χ3n) is 6.34. The second kappa shape index (κ2) is 9.98. The Balaban J connectivity index is 1.09. The molecule has 0 amide bonds. The van der Waals surface area contributed by atoms with Crippen molar-refractivity contribution in [1.29, 1.82) is 0 Å². The highest BCUT2D eigenvalue weighted by atomic mass is 32.2. The number of aryl methyl sites for hydroxylation is 3. The van der Waals surface area contributed by atoms with Crippen LogP contribution < -0.4 is 4.90 Å². The van der Waals surface area contributed by atoms with E-state index in [1.807, 2.05) is 19.9 Å². The number of anilines is 1. The first-order valence-electron chi connectivity index (χ1n) is 11.8. The number of nitrogens with zero attached hydrogens (tertiary/aromatic N) is 4. The number of hydrogen-bond donors (Lipinski definition) is 1. The van der Waals surface area contributed by atoms with Crippen molar-refractivity contribution in [1.82, 2.24) is 19.9 Å². The zero-order chi connectivity index (χ0) is 22.6. The summed E-state index contributed by atoms with van der Waals surface area (Å²) in [6.45, 7) is 9.62. The zero-order valence-electron chi connectivity index (χ0n) is 19.4. The molecule has 1 saturated heterocycles. The van der Waals surface area contributed by atoms with Crippen molar-refractivity contribution in [3.8, 4) is 0 Å². The molecule has 170 valence electrons. The Kier molecular flexibility index (Phi) is 6.65. The van der Waals surface area contributed by atoms with Crippen molar-refractivity contribution in [2.75, 3.05) is 37.6 Å². The first-order chi connectivity index (χ1) is 16.1. The molecule has 0 unspecified atom stereocenters. The van der Waals surface area contributed by atoms with Gasteiger partial charge in [0, 0.05) is 65.2 Å². The summed E-state index contributed by atoms with van der Waals surface area (Å²) in [5, 5.41) is 2.19. The summed E-state index contributed by atoms with van der Waals surface area (Å²) >= 11 is 1.63. The highest BCUT2D eigenvalue weighted by Crippen LogP contribution is 2.28. The quantitative estimate of drug-likeness (QED) is 0.372. The van der Waals surface area contributed by atoms with Crippen molar-refractivity contribution in [2.24, 2.45) is 0 Å². The largest absolute Gasteiger partial charge is 0.369 e. The first-order valence-corrected chi connectivity index (χ1v) is 12.6. The van der Waals surface area contributed by atoms with Gasteiger partial charge in [-0.15, -0.1) is 0 Å². The van der Waals surface area contributed by atoms with E-state index in [1.54, 1.807) is 11.8 Å². The number of fused-ring (bicyclic) bond motifs is 1. The van der Waals surface area contributed by atoms with Crippen LogP contribution in [0.4, 0.5) is 5.69 Å². The van der Waals surface area contributed by atoms with Gasteiger partial charge in [-0.1, -0.05) is 18.2 Å². The van der Waals surface area contributed by atoms with Gasteiger partial charge in [0.05, 0.1) is 0 Å². The maximum absolute atomic E-state index is 4.54. The molecule has 0 aliphatic carbocycles. The van der Waals surface area contributed by atoms with Gasteiger partial charge < -0.3 is 9.88 Å². The molecule has 2 aromatic heterocycles. The Morgan fingerprint density at radius 1 is 0.909 bits per heavy atom. The molecule has 2 aromatic carbocycles. The molecular weight excluding hydrogens is 426 g/mol. The van der Waals surface area contributed by atoms with Crippen LogP contribution in [0.3, 0.4) is 0 Å². The number of hydrogen-bond acceptors (Lipinski definition) is 5. The van der Waals surface area contributed by atoms with E-state index < -0.39 is 0 Å². The number of H-pyrrole nitrogens is 1. The van der Waals surface area contributed by atoms with Crippen LogP contribution in [0.15, 0.2) is 70.8 Å². The minimum atomic E-state index is 0.821. The Bertz CT molecular complexity index is 1190. The first kappa shape index (κ1) is 22.0. The number of aromatic amines is 1. The number of rotatable bonds is 7. The second-order valence-electron chi connectivity index (χ2n) is 8.82. The predicted molar refractivity (Wildman–Crippen MR) is 137 cm³/mol. The summed E-state index contributed by atoms with van der Waals surface area (Å²) < 4.78 is 0. The zero-order valence-corrected chi connectivity index (χ0v) is 20.2. The molecular formula is C27H31N5S. The number of aromatic nitrogens is 3. The van der Waals surface area contributed by atoms with Crippen molar-refractivity contribution >= 4 is 28.4 Å². The standard InChI is InChI=1S/C27H31N5S/c1-20-18-21(2)30-27(29-20)33-24-11-9-23(10-12-24)32-16-14-31(15-17-32)13-5-6-22-19-28-26-8-4-3-7-25(22)26/h3-4,7-12,18-19,28H,5-6,13-17H2,1-2H3. The maximum atomic E-state index is 4.54. The lowest BCUT2D eigenvalue weighted by Gasteiger charge is -2.36. The highest BCUT2D eigenvalue weighted by Gasteiger charge is 2.17. The van der Waals surface area contributed by atoms with Crippen LogP contribution in [-0.2, 0) is 6.42 Å². The van der Waals surface area contributed by atoms with Gasteiger partial charge in [-0.3, -0.25) is 4.90 Å². The monoisotopic (exact) mass is 457 g/mol. The van der Waals surface area contributed by atoms with E-state index in [9.17, 15) is 0 Å². The number of nitrogens with one attached hydrogen (secondary N) is 1. The minimum absolute atomic E-state index is 0.821. The van der Waals surface area contributed by atoms with E-state index in [4.69, 9.17) is 0 Å². The van der Waals surface area contributed by atoms with Gasteiger partial charge in [-0.2, -0.15) is 0 Å². The van der Waals surface area contributed by atoms with E-state index in [-0.39, 0.29) is 0 Å². The molecule has 5 nitrogen and oxygen atoms in total. The molecule has 0 atom stereocenters. The lowest BCUT2D eigenvalue weighted by molar-refractivity contribution is 0.255. The molecule has 1 N–H and O–H groups in total. The number of piperazine rings is 1. The molecule has 0 radical (unpaired) electrons. The van der Waals surface area contributed by atoms with Gasteiger partial charge in [0.2, 0.25) is 0 Å². The smallest absolute Gasteiger partial charge is 0.192 e. The summed E-state index contributed by atoms with van der Waals surface area (Å²) in [4.78, 5) is 18.8. The molecule has 4 aromatic rings. The lowest BCUT2D eigenvalue weighted by atomic mass is 10.1. The van der Waals surface area contributed by atoms with Gasteiger partial charge in [0.15, 0.2) is 5.16 Å². The van der Waals surface area contributed by atoms with Crippen LogP contribution in [-0.4, -0.2) is 52.6 Å². The molecule has 1 fully saturated rings. The summed E-state index contributed by atoms with van der Waals surface area (Å²) in [6, 6.07) is 19.4. The van der Waals surface area contributed by atoms with Crippen molar-refractivity contribution in [3.05, 3.63) is 77.7 Å². The molecule has 0 saturated carbocycles. The second-order valence-corrected chi connectivity index (χ2v) is 9.86. The fourth-order valence-corrected chi connectivity index (χ4v) is 5.49. The van der Waals surface area contributed by atoms with Crippen LogP contribution in [0.5, 0.6) is 0 Å². The van der Waals surface area contributed by atoms with Gasteiger partial charge in [0.1, 0.15) is 0 Å². The van der Waals surface area contributed by atoms with Crippen molar-refractivity contribution in [3.63, 3.8) is 0 Å². The van der Waals surface area contributed by atoms with E-state index in [2.05, 4.69) is 79.5 Å². The molecule has 1 aliphatic heterocycles. The highest BCUT2D eigenvalue weighted by molar-refractivity contribution is 7.99. The molecule has 6 heteroatoms. The average Bonchev–Trinajstić information content (AvgIpc) is 3.23. The fraction of sp³-hybridized carbons (Fsp3) is 0.333. The SMILES string of the molecule is Cc1cc(C)nc(Sc2ccc(N3CCN(CCCc4c[nH]c5ccccc45)CC3)cc2)n1. The van der Waals surface area contributed by atoms with Crippen molar-refractivity contribution in [2.45, 2.75) is 36.7 Å². The van der Waals surface area contributed by atoms with Crippen LogP contribution >= 0.6 is 11.8 Å². The third kappa shape index (κ3) is 5.40. The van der Waals surface area contributed by atoms with E-state index in [1.165, 1.54) is 40.0 Å². The molecule has 0 spiro atoms. The molecule has 1 aliphatic rings. The Labute approximate surface area is 200 Å². The molecule has 33 heavy (non-hydrogen) atoms. The number of para-hydroxylation sites is 1. The van der Waals surface area contributed by atoms with Gasteiger partial charge in [-0.25, -0.2) is 9.97 Å². The summed E-state index contributed by atoms with van der Waals surface area (Å²) in [6.07, 6.45) is 4.51. The maximum Gasteiger partial charge on any atom is 0.192 e. The van der Waals surface area contributed by atoms with E-state index in [0.29, 0.717) is 0 Å². The average molecular weight is 458 g/mol. The van der Waals surface area contributed by atoms with E-state index in [0.717, 1.165) is 49.1 Å². The summed E-state index contributed by atoms with van der Waals surface area (Å²) in [7, 11) is 0. The molecule has 0 bridgehead atoms. The lowest BCUT2D eigenvalue weighted by Crippen LogP contribution is -2.46. The van der Waals surface area contributed by atoms with Crippen LogP contribution in [0.2, 0.25) is 0 Å². The van der Waals surface area contributed by atoms with Crippen LogP contribution in [0.25, 0.3) is 10.9 Å². The van der Waals surface area contributed by atoms with Crippen LogP contribution in [0, 0.1) is 13.8 Å². The Hall–Kier alpha value is -2.83. The summed E-state index contributed by atoms with van der Waals surface area (Å²) in [5.41, 5.74) is 6.02. The van der Waals surface area contributed by atoms with E-state index >= 15 is 0 Å². The van der Waals surface area contributed by atoms with Gasteiger partial charge in [0.25, 0.3) is 0 Å². The molecule has 3 heterocycles. The fourth-order valence-electron chi connectivity index (χ4n) is 4.63. The number of benzene rings is 2. The predicted octanol–water partition coefficient (Wildman–Crippen LogP) is 5.48. The topological polar surface area (TPSA) is 48.1 Å². The Morgan fingerprint density at radius 3 is 2.39 bits per heavy atom. The molecule has 5 rings (SSSR count). The van der Waals surface area contributed by atoms with Gasteiger partial charge in [-0.05, 0) is 87.0 Å². The normalized spacial score (nSPS) is 14.8. The summed E-state index contributed by atoms with van der Waals surface area (Å²) in [5.74, 6) is 0. The minimum Gasteiger partial charge on any atom is -0.369 e. The third-order valence-corrected chi connectivity index (χ3v) is 7.21.